The van der Waals surface area contributed by atoms with Gasteiger partial charge in [0, 0.05) is 12.1 Å². The van der Waals surface area contributed by atoms with Crippen molar-refractivity contribution in [2.24, 2.45) is 0 Å². The van der Waals surface area contributed by atoms with Crippen LogP contribution >= 0.6 is 0 Å². The predicted molar refractivity (Wildman–Crippen MR) is 63.5 cm³/mol. The second-order valence-electron chi connectivity index (χ2n) is 4.33. The topological polar surface area (TPSA) is 38.3 Å². The van der Waals surface area contributed by atoms with E-state index in [0.29, 0.717) is 0 Å². The lowest BCUT2D eigenvalue weighted by atomic mass is 9.91. The molecule has 1 aromatic rings. The van der Waals surface area contributed by atoms with Crippen LogP contribution in [0, 0.1) is 6.92 Å². The van der Waals surface area contributed by atoms with Crippen molar-refractivity contribution in [1.29, 1.82) is 0 Å². The minimum atomic E-state index is -0.566. The minimum absolute atomic E-state index is 0.175. The van der Waals surface area contributed by atoms with Gasteiger partial charge in [-0.25, -0.2) is 4.79 Å². The molecular weight excluding hydrogens is 202 g/mol. The maximum Gasteiger partial charge on any atom is 0.331 e. The molecule has 1 unspecified atom stereocenters. The van der Waals surface area contributed by atoms with Gasteiger partial charge in [-0.2, -0.15) is 0 Å². The van der Waals surface area contributed by atoms with Crippen LogP contribution in [0.5, 0.6) is 0 Å². The number of anilines is 1. The molecule has 0 spiro atoms. The molecule has 0 amide bonds. The molecule has 0 saturated heterocycles. The van der Waals surface area contributed by atoms with Crippen LogP contribution in [0.15, 0.2) is 18.2 Å². The standard InChI is InChI=1S/C13H17NO2/c1-4-13(12(15)16-3)8-10-9(2)6-5-7-11(10)14-13/h5-7,14H,4,8H2,1-3H3. The maximum absolute atomic E-state index is 11.9. The van der Waals surface area contributed by atoms with Crippen molar-refractivity contribution in [3.8, 4) is 0 Å². The van der Waals surface area contributed by atoms with Gasteiger partial charge in [0.25, 0.3) is 0 Å². The van der Waals surface area contributed by atoms with Crippen LogP contribution in [0.4, 0.5) is 5.69 Å². The normalized spacial score (nSPS) is 22.4. The number of ether oxygens (including phenoxy) is 1. The fraction of sp³-hybridized carbons (Fsp3) is 0.462. The fourth-order valence-corrected chi connectivity index (χ4v) is 2.33. The van der Waals surface area contributed by atoms with Gasteiger partial charge in [0.1, 0.15) is 5.54 Å². The third-order valence-corrected chi connectivity index (χ3v) is 3.44. The monoisotopic (exact) mass is 219 g/mol. The van der Waals surface area contributed by atoms with Crippen molar-refractivity contribution in [2.75, 3.05) is 12.4 Å². The van der Waals surface area contributed by atoms with Crippen molar-refractivity contribution < 1.29 is 9.53 Å². The van der Waals surface area contributed by atoms with E-state index in [1.807, 2.05) is 19.1 Å². The van der Waals surface area contributed by atoms with E-state index in [-0.39, 0.29) is 5.97 Å². The number of fused-ring (bicyclic) bond motifs is 1. The summed E-state index contributed by atoms with van der Waals surface area (Å²) in [6, 6.07) is 6.09. The highest BCUT2D eigenvalue weighted by atomic mass is 16.5. The number of benzene rings is 1. The van der Waals surface area contributed by atoms with E-state index in [4.69, 9.17) is 4.74 Å². The average molecular weight is 219 g/mol. The summed E-state index contributed by atoms with van der Waals surface area (Å²) in [4.78, 5) is 11.9. The molecule has 3 heteroatoms. The number of rotatable bonds is 2. The first kappa shape index (κ1) is 11.0. The summed E-state index contributed by atoms with van der Waals surface area (Å²) >= 11 is 0. The summed E-state index contributed by atoms with van der Waals surface area (Å²) in [7, 11) is 1.44. The molecule has 2 rings (SSSR count). The first-order valence-corrected chi connectivity index (χ1v) is 5.58. The number of esters is 1. The Kier molecular flexibility index (Phi) is 2.62. The van der Waals surface area contributed by atoms with E-state index in [1.54, 1.807) is 0 Å². The van der Waals surface area contributed by atoms with Gasteiger partial charge in [0.2, 0.25) is 0 Å². The lowest BCUT2D eigenvalue weighted by Crippen LogP contribution is -2.45. The Bertz CT molecular complexity index is 428. The van der Waals surface area contributed by atoms with Crippen LogP contribution in [0.1, 0.15) is 24.5 Å². The van der Waals surface area contributed by atoms with E-state index in [1.165, 1.54) is 18.2 Å². The van der Waals surface area contributed by atoms with Crippen LogP contribution in [-0.4, -0.2) is 18.6 Å². The second-order valence-corrected chi connectivity index (χ2v) is 4.33. The molecule has 1 N–H and O–H groups in total. The molecule has 0 bridgehead atoms. The Balaban J connectivity index is 2.39. The number of nitrogens with one attached hydrogen (secondary N) is 1. The molecule has 1 aliphatic heterocycles. The molecule has 1 heterocycles. The van der Waals surface area contributed by atoms with E-state index in [9.17, 15) is 4.79 Å². The SMILES string of the molecule is CCC1(C(=O)OC)Cc2c(C)cccc2N1. The van der Waals surface area contributed by atoms with E-state index in [2.05, 4.69) is 18.3 Å². The van der Waals surface area contributed by atoms with Gasteiger partial charge in [-0.05, 0) is 30.5 Å². The molecule has 0 saturated carbocycles. The van der Waals surface area contributed by atoms with Gasteiger partial charge < -0.3 is 10.1 Å². The second kappa shape index (κ2) is 3.81. The molecular formula is C13H17NO2. The zero-order valence-electron chi connectivity index (χ0n) is 9.96. The summed E-state index contributed by atoms with van der Waals surface area (Å²) < 4.78 is 4.90. The summed E-state index contributed by atoms with van der Waals surface area (Å²) in [5, 5.41) is 3.31. The molecule has 0 fully saturated rings. The summed E-state index contributed by atoms with van der Waals surface area (Å²) in [6.07, 6.45) is 1.45. The van der Waals surface area contributed by atoms with Crippen LogP contribution in [-0.2, 0) is 16.0 Å². The molecule has 0 aromatic heterocycles. The molecule has 0 aliphatic carbocycles. The van der Waals surface area contributed by atoms with Crippen molar-refractivity contribution >= 4 is 11.7 Å². The van der Waals surface area contributed by atoms with Gasteiger partial charge >= 0.3 is 5.97 Å². The van der Waals surface area contributed by atoms with Crippen molar-refractivity contribution in [3.63, 3.8) is 0 Å². The van der Waals surface area contributed by atoms with Gasteiger partial charge in [-0.3, -0.25) is 0 Å². The number of carbonyl (C=O) groups is 1. The van der Waals surface area contributed by atoms with Gasteiger partial charge in [0.05, 0.1) is 7.11 Å². The Morgan fingerprint density at radius 3 is 2.88 bits per heavy atom. The fourth-order valence-electron chi connectivity index (χ4n) is 2.33. The molecule has 1 atom stereocenters. The van der Waals surface area contributed by atoms with Gasteiger partial charge in [-0.1, -0.05) is 19.1 Å². The van der Waals surface area contributed by atoms with Crippen molar-refractivity contribution in [1.82, 2.24) is 0 Å². The van der Waals surface area contributed by atoms with Crippen LogP contribution in [0.2, 0.25) is 0 Å². The first-order chi connectivity index (χ1) is 7.63. The molecule has 0 radical (unpaired) electrons. The Hall–Kier alpha value is -1.51. The van der Waals surface area contributed by atoms with E-state index in [0.717, 1.165) is 18.5 Å². The number of hydrogen-bond donors (Lipinski definition) is 1. The summed E-state index contributed by atoms with van der Waals surface area (Å²) in [5.74, 6) is -0.175. The Labute approximate surface area is 95.8 Å². The van der Waals surface area contributed by atoms with Gasteiger partial charge in [0.15, 0.2) is 0 Å². The lowest BCUT2D eigenvalue weighted by Gasteiger charge is -2.25. The minimum Gasteiger partial charge on any atom is -0.467 e. The van der Waals surface area contributed by atoms with Crippen molar-refractivity contribution in [2.45, 2.75) is 32.2 Å². The van der Waals surface area contributed by atoms with Crippen LogP contribution < -0.4 is 5.32 Å². The zero-order chi connectivity index (χ0) is 11.8. The average Bonchev–Trinajstić information content (AvgIpc) is 2.69. The third kappa shape index (κ3) is 1.47. The Morgan fingerprint density at radius 1 is 1.56 bits per heavy atom. The van der Waals surface area contributed by atoms with Crippen LogP contribution in [0.25, 0.3) is 0 Å². The van der Waals surface area contributed by atoms with E-state index >= 15 is 0 Å². The number of methoxy groups -OCH3 is 1. The number of aryl methyl sites for hydroxylation is 1. The largest absolute Gasteiger partial charge is 0.467 e. The van der Waals surface area contributed by atoms with E-state index < -0.39 is 5.54 Å². The molecule has 1 aromatic carbocycles. The third-order valence-electron chi connectivity index (χ3n) is 3.44. The molecule has 1 aliphatic rings. The predicted octanol–water partition coefficient (Wildman–Crippen LogP) is 2.28. The van der Waals surface area contributed by atoms with Crippen molar-refractivity contribution in [3.05, 3.63) is 29.3 Å². The zero-order valence-corrected chi connectivity index (χ0v) is 9.96. The smallest absolute Gasteiger partial charge is 0.331 e. The summed E-state index contributed by atoms with van der Waals surface area (Å²) in [6.45, 7) is 4.08. The first-order valence-electron chi connectivity index (χ1n) is 5.58. The highest BCUT2D eigenvalue weighted by Gasteiger charge is 2.43. The molecule has 3 nitrogen and oxygen atoms in total. The number of carbonyl (C=O) groups excluding carboxylic acids is 1. The number of hydrogen-bond acceptors (Lipinski definition) is 3. The Morgan fingerprint density at radius 2 is 2.31 bits per heavy atom. The maximum atomic E-state index is 11.9. The molecule has 86 valence electrons. The van der Waals surface area contributed by atoms with Crippen LogP contribution in [0.3, 0.4) is 0 Å². The lowest BCUT2D eigenvalue weighted by molar-refractivity contribution is -0.145. The highest BCUT2D eigenvalue weighted by Crippen LogP contribution is 2.36. The quantitative estimate of drug-likeness (QED) is 0.775. The molecule has 16 heavy (non-hydrogen) atoms. The highest BCUT2D eigenvalue weighted by molar-refractivity contribution is 5.88. The summed E-state index contributed by atoms with van der Waals surface area (Å²) in [5.41, 5.74) is 2.95. The van der Waals surface area contributed by atoms with Gasteiger partial charge in [-0.15, -0.1) is 0 Å².